The summed E-state index contributed by atoms with van der Waals surface area (Å²) in [5.41, 5.74) is -0.745. The van der Waals surface area contributed by atoms with Gasteiger partial charge in [0.2, 0.25) is 0 Å². The second kappa shape index (κ2) is 7.40. The first-order chi connectivity index (χ1) is 8.11. The van der Waals surface area contributed by atoms with Crippen LogP contribution in [0.1, 0.15) is 27.2 Å². The Balaban J connectivity index is 4.19. The van der Waals surface area contributed by atoms with Crippen molar-refractivity contribution in [3.63, 3.8) is 0 Å². The molecule has 0 aromatic rings. The number of aliphatic carboxylic acids is 1. The van der Waals surface area contributed by atoms with Gasteiger partial charge in [-0.25, -0.2) is 9.59 Å². The van der Waals surface area contributed by atoms with Crippen molar-refractivity contribution in [3.8, 4) is 0 Å². The van der Waals surface area contributed by atoms with Crippen molar-refractivity contribution in [2.75, 3.05) is 5.75 Å². The van der Waals surface area contributed by atoms with Gasteiger partial charge >= 0.3 is 12.1 Å². The van der Waals surface area contributed by atoms with Gasteiger partial charge in [-0.05, 0) is 27.2 Å². The molecule has 1 amide bonds. The quantitative estimate of drug-likeness (QED) is 0.783. The molecule has 0 aliphatic rings. The van der Waals surface area contributed by atoms with Crippen molar-refractivity contribution >= 4 is 23.8 Å². The van der Waals surface area contributed by atoms with Gasteiger partial charge in [0.15, 0.2) is 0 Å². The summed E-state index contributed by atoms with van der Waals surface area (Å²) in [5, 5.41) is 10.9. The minimum Gasteiger partial charge on any atom is -0.480 e. The predicted octanol–water partition coefficient (Wildman–Crippen LogP) is 2.31. The van der Waals surface area contributed by atoms with Crippen molar-refractivity contribution in [3.05, 3.63) is 0 Å². The molecular formula is C10H17F2NO4S. The van der Waals surface area contributed by atoms with Gasteiger partial charge in [-0.1, -0.05) is 11.8 Å². The number of amides is 1. The third-order valence-corrected chi connectivity index (χ3v) is 2.36. The van der Waals surface area contributed by atoms with Crippen molar-refractivity contribution in [1.29, 1.82) is 0 Å². The zero-order valence-corrected chi connectivity index (χ0v) is 11.2. The molecule has 2 N–H and O–H groups in total. The van der Waals surface area contributed by atoms with E-state index in [1.807, 2.05) is 0 Å². The van der Waals surface area contributed by atoms with E-state index in [1.54, 1.807) is 20.8 Å². The van der Waals surface area contributed by atoms with Crippen LogP contribution in [0.2, 0.25) is 0 Å². The molecule has 0 fully saturated rings. The lowest BCUT2D eigenvalue weighted by atomic mass is 10.2. The summed E-state index contributed by atoms with van der Waals surface area (Å²) in [6.07, 6.45) is -0.971. The third kappa shape index (κ3) is 9.03. The summed E-state index contributed by atoms with van der Waals surface area (Å²) in [7, 11) is 0. The Kier molecular flexibility index (Phi) is 6.97. The Hall–Kier alpha value is -1.05. The fourth-order valence-corrected chi connectivity index (χ4v) is 1.53. The number of ether oxygens (including phenoxy) is 1. The maximum Gasteiger partial charge on any atom is 0.408 e. The minimum absolute atomic E-state index is 0.0650. The Morgan fingerprint density at radius 3 is 2.33 bits per heavy atom. The molecule has 8 heteroatoms. The highest BCUT2D eigenvalue weighted by Crippen LogP contribution is 2.15. The fourth-order valence-electron chi connectivity index (χ4n) is 0.982. The Morgan fingerprint density at radius 2 is 1.94 bits per heavy atom. The summed E-state index contributed by atoms with van der Waals surface area (Å²) < 4.78 is 28.6. The van der Waals surface area contributed by atoms with Crippen LogP contribution in [0.25, 0.3) is 0 Å². The monoisotopic (exact) mass is 285 g/mol. The topological polar surface area (TPSA) is 75.6 Å². The fraction of sp³-hybridized carbons (Fsp3) is 0.800. The van der Waals surface area contributed by atoms with Crippen LogP contribution in [0.3, 0.4) is 0 Å². The molecule has 106 valence electrons. The summed E-state index contributed by atoms with van der Waals surface area (Å²) in [6.45, 7) is 4.90. The van der Waals surface area contributed by atoms with E-state index in [2.05, 4.69) is 5.32 Å². The van der Waals surface area contributed by atoms with E-state index in [4.69, 9.17) is 9.84 Å². The number of thioether (sulfide) groups is 1. The highest BCUT2D eigenvalue weighted by atomic mass is 32.2. The number of halogens is 2. The number of carboxylic acid groups (broad SMARTS) is 1. The lowest BCUT2D eigenvalue weighted by molar-refractivity contribution is -0.139. The van der Waals surface area contributed by atoms with Crippen LogP contribution >= 0.6 is 11.8 Å². The molecule has 0 aliphatic heterocycles. The number of carbonyl (C=O) groups is 2. The molecule has 0 radical (unpaired) electrons. The van der Waals surface area contributed by atoms with Crippen molar-refractivity contribution in [2.24, 2.45) is 0 Å². The number of rotatable bonds is 6. The van der Waals surface area contributed by atoms with E-state index in [0.717, 1.165) is 0 Å². The summed E-state index contributed by atoms with van der Waals surface area (Å²) in [5.74, 6) is -3.90. The smallest absolute Gasteiger partial charge is 0.408 e. The average Bonchev–Trinajstić information content (AvgIpc) is 2.12. The average molecular weight is 285 g/mol. The number of hydrogen-bond acceptors (Lipinski definition) is 4. The molecule has 0 aromatic carbocycles. The van der Waals surface area contributed by atoms with Gasteiger partial charge in [-0.3, -0.25) is 0 Å². The molecule has 0 aliphatic carbocycles. The van der Waals surface area contributed by atoms with Crippen LogP contribution < -0.4 is 5.32 Å². The van der Waals surface area contributed by atoms with Crippen LogP contribution in [0.15, 0.2) is 0 Å². The zero-order chi connectivity index (χ0) is 14.3. The van der Waals surface area contributed by atoms with Crippen LogP contribution in [-0.2, 0) is 9.53 Å². The molecule has 0 aromatic heterocycles. The maximum absolute atomic E-state index is 11.9. The van der Waals surface area contributed by atoms with Crippen molar-refractivity contribution in [1.82, 2.24) is 5.32 Å². The summed E-state index contributed by atoms with van der Waals surface area (Å²) in [6, 6.07) is -1.23. The molecule has 0 rings (SSSR count). The number of carboxylic acids is 1. The van der Waals surface area contributed by atoms with Crippen LogP contribution in [-0.4, -0.2) is 40.3 Å². The first kappa shape index (κ1) is 16.9. The van der Waals surface area contributed by atoms with E-state index >= 15 is 0 Å². The standard InChI is InChI=1S/C10H17F2NO4S/c1-10(2,3)17-9(16)13-6(7(14)15)4-5-18-8(11)12/h6,8H,4-5H2,1-3H3,(H,13,16)(H,14,15)/t6-/m1/s1. The lowest BCUT2D eigenvalue weighted by Crippen LogP contribution is -2.43. The van der Waals surface area contributed by atoms with E-state index in [-0.39, 0.29) is 12.2 Å². The number of nitrogens with one attached hydrogen (secondary N) is 1. The Morgan fingerprint density at radius 1 is 1.39 bits per heavy atom. The lowest BCUT2D eigenvalue weighted by Gasteiger charge is -2.21. The predicted molar refractivity (Wildman–Crippen MR) is 63.9 cm³/mol. The van der Waals surface area contributed by atoms with Gasteiger partial charge in [-0.15, -0.1) is 0 Å². The largest absolute Gasteiger partial charge is 0.480 e. The molecular weight excluding hydrogens is 268 g/mol. The van der Waals surface area contributed by atoms with Crippen molar-refractivity contribution < 1.29 is 28.2 Å². The molecule has 0 spiro atoms. The minimum atomic E-state index is -2.55. The number of hydrogen-bond donors (Lipinski definition) is 2. The number of carbonyl (C=O) groups excluding carboxylic acids is 1. The second-order valence-electron chi connectivity index (χ2n) is 4.46. The molecule has 0 unspecified atom stereocenters. The molecule has 0 saturated heterocycles. The zero-order valence-electron chi connectivity index (χ0n) is 10.4. The van der Waals surface area contributed by atoms with Gasteiger partial charge in [0.1, 0.15) is 11.6 Å². The first-order valence-electron chi connectivity index (χ1n) is 5.24. The second-order valence-corrected chi connectivity index (χ2v) is 5.56. The van der Waals surface area contributed by atoms with E-state index in [1.165, 1.54) is 0 Å². The maximum atomic E-state index is 11.9. The van der Waals surface area contributed by atoms with E-state index in [9.17, 15) is 18.4 Å². The normalized spacial score (nSPS) is 13.2. The van der Waals surface area contributed by atoms with Crippen molar-refractivity contribution in [2.45, 2.75) is 44.6 Å². The SMILES string of the molecule is CC(C)(C)OC(=O)N[C@H](CCSC(F)F)C(=O)O. The van der Waals surface area contributed by atoms with Crippen LogP contribution in [0, 0.1) is 0 Å². The summed E-state index contributed by atoms with van der Waals surface area (Å²) >= 11 is 0.328. The molecule has 18 heavy (non-hydrogen) atoms. The van der Waals surface area contributed by atoms with E-state index < -0.39 is 29.5 Å². The van der Waals surface area contributed by atoms with Gasteiger partial charge in [0, 0.05) is 5.75 Å². The third-order valence-electron chi connectivity index (χ3n) is 1.64. The first-order valence-corrected chi connectivity index (χ1v) is 6.29. The summed E-state index contributed by atoms with van der Waals surface area (Å²) in [4.78, 5) is 22.1. The highest BCUT2D eigenvalue weighted by molar-refractivity contribution is 7.99. The molecule has 0 saturated carbocycles. The van der Waals surface area contributed by atoms with Gasteiger partial charge < -0.3 is 15.2 Å². The Bertz CT molecular complexity index is 294. The number of alkyl halides is 2. The van der Waals surface area contributed by atoms with Crippen LogP contribution in [0.5, 0.6) is 0 Å². The Labute approximate surface area is 108 Å². The van der Waals surface area contributed by atoms with Gasteiger partial charge in [0.25, 0.3) is 5.76 Å². The molecule has 0 heterocycles. The van der Waals surface area contributed by atoms with Crippen LogP contribution in [0.4, 0.5) is 13.6 Å². The highest BCUT2D eigenvalue weighted by Gasteiger charge is 2.23. The van der Waals surface area contributed by atoms with E-state index in [0.29, 0.717) is 11.8 Å². The molecule has 5 nitrogen and oxygen atoms in total. The van der Waals surface area contributed by atoms with Gasteiger partial charge in [0.05, 0.1) is 0 Å². The molecule has 1 atom stereocenters. The number of alkyl carbamates (subject to hydrolysis) is 1. The van der Waals surface area contributed by atoms with Gasteiger partial charge in [-0.2, -0.15) is 8.78 Å². The molecule has 0 bridgehead atoms.